The van der Waals surface area contributed by atoms with Crippen LogP contribution in [0.2, 0.25) is 0 Å². The van der Waals surface area contributed by atoms with Crippen LogP contribution in [-0.4, -0.2) is 47.7 Å². The van der Waals surface area contributed by atoms with Crippen molar-refractivity contribution < 1.29 is 23.2 Å². The molecule has 0 aliphatic rings. The van der Waals surface area contributed by atoms with Gasteiger partial charge in [-0.3, -0.25) is 19.2 Å². The Morgan fingerprint density at radius 3 is 2.26 bits per heavy atom. The summed E-state index contributed by atoms with van der Waals surface area (Å²) in [6, 6.07) is 12.9. The Morgan fingerprint density at radius 1 is 0.905 bits per heavy atom. The third kappa shape index (κ3) is 6.64. The number of aromatic nitrogens is 2. The molecule has 0 aliphatic carbocycles. The van der Waals surface area contributed by atoms with Gasteiger partial charge in [0.1, 0.15) is 23.1 Å². The molecule has 9 nitrogen and oxygen atoms in total. The van der Waals surface area contributed by atoms with E-state index in [-0.39, 0.29) is 40.7 Å². The highest BCUT2D eigenvalue weighted by molar-refractivity contribution is 6.09. The van der Waals surface area contributed by atoms with Crippen molar-refractivity contribution in [1.82, 2.24) is 20.6 Å². The number of aromatic amines is 1. The van der Waals surface area contributed by atoms with Crippen LogP contribution in [0.4, 0.5) is 14.5 Å². The lowest BCUT2D eigenvalue weighted by Crippen LogP contribution is -2.37. The lowest BCUT2D eigenvalue weighted by molar-refractivity contribution is -0.117. The minimum Gasteiger partial charge on any atom is -0.355 e. The second-order valence-electron chi connectivity index (χ2n) is 9.71. The van der Waals surface area contributed by atoms with Crippen LogP contribution in [0.25, 0.3) is 11.4 Å². The molecular weight excluding hydrogens is 544 g/mol. The third-order valence-electron chi connectivity index (χ3n) is 6.75. The highest BCUT2D eigenvalue weighted by Crippen LogP contribution is 2.25. The Kier molecular flexibility index (Phi) is 9.02. The van der Waals surface area contributed by atoms with E-state index in [1.165, 1.54) is 31.3 Å². The van der Waals surface area contributed by atoms with E-state index in [4.69, 9.17) is 0 Å². The van der Waals surface area contributed by atoms with E-state index in [0.29, 0.717) is 16.7 Å². The second-order valence-corrected chi connectivity index (χ2v) is 9.71. The number of likely N-dealkylation sites (N-methyl/N-ethyl adjacent to an activating group) is 1. The molecule has 216 valence electrons. The number of carbonyl (C=O) groups is 3. The molecule has 0 radical (unpaired) electrons. The van der Waals surface area contributed by atoms with Gasteiger partial charge in [0, 0.05) is 35.7 Å². The van der Waals surface area contributed by atoms with Crippen LogP contribution in [0.3, 0.4) is 0 Å². The average molecular weight is 574 g/mol. The largest absolute Gasteiger partial charge is 0.355 e. The zero-order chi connectivity index (χ0) is 30.6. The van der Waals surface area contributed by atoms with Gasteiger partial charge >= 0.3 is 0 Å². The van der Waals surface area contributed by atoms with Crippen molar-refractivity contribution in [3.05, 3.63) is 116 Å². The number of ketones is 1. The van der Waals surface area contributed by atoms with Gasteiger partial charge in [-0.1, -0.05) is 6.07 Å². The molecule has 0 spiro atoms. The molecule has 1 atom stereocenters. The predicted molar refractivity (Wildman–Crippen MR) is 155 cm³/mol. The Bertz CT molecular complexity index is 1730. The molecule has 4 N–H and O–H groups in total. The van der Waals surface area contributed by atoms with Gasteiger partial charge in [-0.15, -0.1) is 0 Å². The van der Waals surface area contributed by atoms with Crippen molar-refractivity contribution in [2.75, 3.05) is 19.4 Å². The van der Waals surface area contributed by atoms with Gasteiger partial charge in [-0.2, -0.15) is 0 Å². The SMILES string of the molecule is CNC(=O)c1ccc(C)c(-c2nc(Cc3cc(F)cc(C(=O)c4ccc(F)cc4)c3)c(NC(=O)[C@H](C)NC)c(=O)[nH]2)c1. The molecule has 4 rings (SSSR count). The first kappa shape index (κ1) is 29.9. The Balaban J connectivity index is 1.82. The van der Waals surface area contributed by atoms with Crippen LogP contribution >= 0.6 is 0 Å². The van der Waals surface area contributed by atoms with Gasteiger partial charge in [0.25, 0.3) is 11.5 Å². The van der Waals surface area contributed by atoms with Crippen molar-refractivity contribution >= 4 is 23.3 Å². The van der Waals surface area contributed by atoms with Crippen LogP contribution in [0.15, 0.2) is 65.5 Å². The molecule has 0 saturated carbocycles. The molecule has 0 unspecified atom stereocenters. The molecule has 4 aromatic rings. The van der Waals surface area contributed by atoms with E-state index < -0.39 is 34.9 Å². The first-order chi connectivity index (χ1) is 20.0. The fourth-order valence-electron chi connectivity index (χ4n) is 4.27. The van der Waals surface area contributed by atoms with E-state index in [9.17, 15) is 28.0 Å². The average Bonchev–Trinajstić information content (AvgIpc) is 2.97. The third-order valence-corrected chi connectivity index (χ3v) is 6.75. The standard InChI is InChI=1S/C31H29F2N5O4/c1-16-5-6-20(30(41)35-4)15-24(16)28-36-25(26(31(42)38-28)37-29(40)17(2)34-3)13-18-11-21(14-23(33)12-18)27(39)19-7-9-22(32)10-8-19/h5-12,14-15,17,34H,13H2,1-4H3,(H,35,41)(H,37,40)(H,36,38,42)/t17-/m0/s1. The molecule has 0 aliphatic heterocycles. The first-order valence-electron chi connectivity index (χ1n) is 13.0. The molecule has 2 amide bonds. The van der Waals surface area contributed by atoms with E-state index in [1.54, 1.807) is 39.1 Å². The highest BCUT2D eigenvalue weighted by atomic mass is 19.1. The number of aryl methyl sites for hydroxylation is 1. The summed E-state index contributed by atoms with van der Waals surface area (Å²) in [5.74, 6) is -2.43. The number of hydrogen-bond acceptors (Lipinski definition) is 6. The Labute approximate surface area is 240 Å². The van der Waals surface area contributed by atoms with Crippen LogP contribution in [0.1, 0.15) is 50.0 Å². The number of benzene rings is 3. The molecule has 0 fully saturated rings. The van der Waals surface area contributed by atoms with Crippen LogP contribution in [0.5, 0.6) is 0 Å². The Hall–Kier alpha value is -5.03. The molecule has 1 heterocycles. The van der Waals surface area contributed by atoms with E-state index >= 15 is 0 Å². The van der Waals surface area contributed by atoms with Crippen molar-refractivity contribution in [1.29, 1.82) is 0 Å². The summed E-state index contributed by atoms with van der Waals surface area (Å²) in [6.07, 6.45) is -0.129. The number of nitrogens with zero attached hydrogens (tertiary/aromatic N) is 1. The maximum Gasteiger partial charge on any atom is 0.275 e. The molecule has 3 aromatic carbocycles. The minimum absolute atomic E-state index is 0.0187. The Morgan fingerprint density at radius 2 is 1.60 bits per heavy atom. The summed E-state index contributed by atoms with van der Waals surface area (Å²) >= 11 is 0. The summed E-state index contributed by atoms with van der Waals surface area (Å²) in [7, 11) is 3.09. The quantitative estimate of drug-likeness (QED) is 0.226. The number of H-pyrrole nitrogens is 1. The number of nitrogens with one attached hydrogen (secondary N) is 4. The first-order valence-corrected chi connectivity index (χ1v) is 13.0. The lowest BCUT2D eigenvalue weighted by Gasteiger charge is -2.16. The maximum atomic E-state index is 14.7. The summed E-state index contributed by atoms with van der Waals surface area (Å²) in [4.78, 5) is 58.6. The number of anilines is 1. The van der Waals surface area contributed by atoms with Crippen LogP contribution < -0.4 is 21.5 Å². The van der Waals surface area contributed by atoms with Gasteiger partial charge in [0.05, 0.1) is 11.7 Å². The number of rotatable bonds is 9. The summed E-state index contributed by atoms with van der Waals surface area (Å²) in [5, 5.41) is 7.94. The van der Waals surface area contributed by atoms with Gasteiger partial charge in [-0.05, 0) is 86.6 Å². The fraction of sp³-hybridized carbons (Fsp3) is 0.194. The van der Waals surface area contributed by atoms with Gasteiger partial charge in [-0.25, -0.2) is 13.8 Å². The zero-order valence-electron chi connectivity index (χ0n) is 23.4. The van der Waals surface area contributed by atoms with Crippen molar-refractivity contribution in [2.24, 2.45) is 0 Å². The summed E-state index contributed by atoms with van der Waals surface area (Å²) in [5.41, 5.74) is 1.35. The second kappa shape index (κ2) is 12.6. The highest BCUT2D eigenvalue weighted by Gasteiger charge is 2.21. The molecule has 11 heteroatoms. The molecule has 1 aromatic heterocycles. The summed E-state index contributed by atoms with van der Waals surface area (Å²) < 4.78 is 28.1. The van der Waals surface area contributed by atoms with Crippen molar-refractivity contribution in [3.63, 3.8) is 0 Å². The molecule has 0 bridgehead atoms. The van der Waals surface area contributed by atoms with Crippen molar-refractivity contribution in [2.45, 2.75) is 26.3 Å². The molecule has 0 saturated heterocycles. The van der Waals surface area contributed by atoms with Gasteiger partial charge < -0.3 is 20.9 Å². The number of halogens is 2. The normalized spacial score (nSPS) is 11.6. The van der Waals surface area contributed by atoms with E-state index in [0.717, 1.165) is 23.8 Å². The molecular formula is C31H29F2N5O4. The van der Waals surface area contributed by atoms with Crippen LogP contribution in [0, 0.1) is 18.6 Å². The van der Waals surface area contributed by atoms with Crippen molar-refractivity contribution in [3.8, 4) is 11.4 Å². The number of carbonyl (C=O) groups excluding carboxylic acids is 3. The van der Waals surface area contributed by atoms with E-state index in [1.807, 2.05) is 0 Å². The fourth-order valence-corrected chi connectivity index (χ4v) is 4.27. The molecule has 42 heavy (non-hydrogen) atoms. The van der Waals surface area contributed by atoms with E-state index in [2.05, 4.69) is 25.9 Å². The number of amides is 2. The maximum absolute atomic E-state index is 14.7. The predicted octanol–water partition coefficient (Wildman–Crippen LogP) is 3.75. The zero-order valence-corrected chi connectivity index (χ0v) is 23.4. The topological polar surface area (TPSA) is 133 Å². The number of hydrogen-bond donors (Lipinski definition) is 4. The lowest BCUT2D eigenvalue weighted by atomic mass is 9.98. The van der Waals surface area contributed by atoms with Gasteiger partial charge in [0.2, 0.25) is 5.91 Å². The van der Waals surface area contributed by atoms with Gasteiger partial charge in [0.15, 0.2) is 5.78 Å². The smallest absolute Gasteiger partial charge is 0.275 e. The minimum atomic E-state index is -0.702. The monoisotopic (exact) mass is 573 g/mol. The summed E-state index contributed by atoms with van der Waals surface area (Å²) in [6.45, 7) is 3.39. The van der Waals surface area contributed by atoms with Crippen LogP contribution in [-0.2, 0) is 11.2 Å².